The third kappa shape index (κ3) is 6.23. The van der Waals surface area contributed by atoms with Crippen LogP contribution in [0.4, 0.5) is 0 Å². The zero-order chi connectivity index (χ0) is 23.9. The number of likely N-dealkylation sites (tertiary alicyclic amines) is 1. The number of aryl methyl sites for hydroxylation is 1. The van der Waals surface area contributed by atoms with Crippen molar-refractivity contribution in [2.24, 2.45) is 11.8 Å². The van der Waals surface area contributed by atoms with Gasteiger partial charge in [0.25, 0.3) is 5.91 Å². The Morgan fingerprint density at radius 2 is 1.85 bits per heavy atom. The number of carbonyl (C=O) groups is 2. The normalized spacial score (nSPS) is 18.6. The van der Waals surface area contributed by atoms with E-state index in [4.69, 9.17) is 4.74 Å². The van der Waals surface area contributed by atoms with Crippen LogP contribution in [0.15, 0.2) is 30.3 Å². The van der Waals surface area contributed by atoms with Gasteiger partial charge in [0.05, 0.1) is 18.9 Å². The molecule has 4 rings (SSSR count). The Balaban J connectivity index is 1.22. The maximum atomic E-state index is 13.2. The maximum Gasteiger partial charge on any atom is 0.265 e. The van der Waals surface area contributed by atoms with Crippen LogP contribution in [0.2, 0.25) is 0 Å². The Morgan fingerprint density at radius 1 is 1.15 bits per heavy atom. The molecule has 3 heterocycles. The molecule has 8 heteroatoms. The zero-order valence-corrected chi connectivity index (χ0v) is 21.1. The van der Waals surface area contributed by atoms with Crippen molar-refractivity contribution < 1.29 is 14.3 Å². The predicted octanol–water partition coefficient (Wildman–Crippen LogP) is 3.45. The highest BCUT2D eigenvalue weighted by molar-refractivity contribution is 7.17. The van der Waals surface area contributed by atoms with E-state index in [1.54, 1.807) is 0 Å². The van der Waals surface area contributed by atoms with Gasteiger partial charge in [-0.3, -0.25) is 14.5 Å². The zero-order valence-electron chi connectivity index (χ0n) is 20.3. The molecule has 2 fully saturated rings. The molecule has 2 aromatic rings. The number of benzene rings is 1. The minimum atomic E-state index is -0.0320. The van der Waals surface area contributed by atoms with Crippen LogP contribution >= 0.6 is 11.3 Å². The average molecular weight is 485 g/mol. The van der Waals surface area contributed by atoms with E-state index in [2.05, 4.69) is 15.2 Å². The van der Waals surface area contributed by atoms with Crippen LogP contribution in [0, 0.1) is 18.8 Å². The van der Waals surface area contributed by atoms with E-state index in [0.717, 1.165) is 73.3 Å². The number of amides is 2. The van der Waals surface area contributed by atoms with Crippen LogP contribution in [0.1, 0.15) is 41.6 Å². The van der Waals surface area contributed by atoms with E-state index in [9.17, 15) is 9.59 Å². The van der Waals surface area contributed by atoms with E-state index in [1.165, 1.54) is 11.3 Å². The number of thiazole rings is 1. The van der Waals surface area contributed by atoms with Crippen LogP contribution in [0.3, 0.4) is 0 Å². The number of piperidine rings is 1. The molecule has 1 aromatic carbocycles. The number of aromatic nitrogens is 1. The van der Waals surface area contributed by atoms with Gasteiger partial charge >= 0.3 is 0 Å². The Bertz CT molecular complexity index is 950. The highest BCUT2D eigenvalue weighted by Gasteiger charge is 2.31. The summed E-state index contributed by atoms with van der Waals surface area (Å²) >= 11 is 1.47. The molecule has 2 aliphatic heterocycles. The Morgan fingerprint density at radius 3 is 2.56 bits per heavy atom. The third-order valence-electron chi connectivity index (χ3n) is 7.01. The fourth-order valence-corrected chi connectivity index (χ4v) is 5.80. The number of ether oxygens (including phenoxy) is 1. The fraction of sp³-hybridized carbons (Fsp3) is 0.577. The summed E-state index contributed by atoms with van der Waals surface area (Å²) in [6.07, 6.45) is 2.68. The van der Waals surface area contributed by atoms with Crippen molar-refractivity contribution in [3.63, 3.8) is 0 Å². The number of hydrogen-bond donors (Lipinski definition) is 1. The van der Waals surface area contributed by atoms with Crippen LogP contribution in [0.5, 0.6) is 0 Å². The molecule has 7 nitrogen and oxygen atoms in total. The quantitative estimate of drug-likeness (QED) is 0.581. The average Bonchev–Trinajstić information content (AvgIpc) is 3.28. The summed E-state index contributed by atoms with van der Waals surface area (Å²) in [5.74, 6) is 0.481. The molecule has 1 N–H and O–H groups in total. The molecule has 0 radical (unpaired) electrons. The van der Waals surface area contributed by atoms with E-state index >= 15 is 0 Å². The van der Waals surface area contributed by atoms with Gasteiger partial charge in [-0.15, -0.1) is 11.3 Å². The molecule has 34 heavy (non-hydrogen) atoms. The van der Waals surface area contributed by atoms with Gasteiger partial charge in [0.15, 0.2) is 0 Å². The number of nitrogens with one attached hydrogen (secondary N) is 1. The van der Waals surface area contributed by atoms with Gasteiger partial charge in [0.2, 0.25) is 5.91 Å². The minimum absolute atomic E-state index is 0.0320. The van der Waals surface area contributed by atoms with Crippen molar-refractivity contribution in [1.29, 1.82) is 0 Å². The van der Waals surface area contributed by atoms with Crippen molar-refractivity contribution in [3.8, 4) is 10.6 Å². The van der Waals surface area contributed by atoms with Crippen LogP contribution in [-0.4, -0.2) is 79.1 Å². The molecule has 1 aromatic heterocycles. The Hall–Kier alpha value is -2.29. The van der Waals surface area contributed by atoms with E-state index < -0.39 is 0 Å². The number of morpholine rings is 1. The molecule has 0 aliphatic carbocycles. The van der Waals surface area contributed by atoms with Gasteiger partial charge in [0, 0.05) is 44.2 Å². The molecule has 0 unspecified atom stereocenters. The van der Waals surface area contributed by atoms with Crippen LogP contribution in [0.25, 0.3) is 10.6 Å². The maximum absolute atomic E-state index is 13.2. The topological polar surface area (TPSA) is 74.8 Å². The second-order valence-corrected chi connectivity index (χ2v) is 10.3. The molecule has 2 saturated heterocycles. The lowest BCUT2D eigenvalue weighted by molar-refractivity contribution is -0.126. The first-order valence-electron chi connectivity index (χ1n) is 12.4. The molecule has 0 bridgehead atoms. The number of nitrogens with zero attached hydrogens (tertiary/aromatic N) is 3. The Kier molecular flexibility index (Phi) is 8.69. The molecular formula is C26H36N4O3S. The largest absolute Gasteiger partial charge is 0.379 e. The summed E-state index contributed by atoms with van der Waals surface area (Å²) < 4.78 is 5.38. The lowest BCUT2D eigenvalue weighted by Gasteiger charge is -2.34. The van der Waals surface area contributed by atoms with E-state index in [-0.39, 0.29) is 17.7 Å². The summed E-state index contributed by atoms with van der Waals surface area (Å²) in [7, 11) is 0. The highest BCUT2D eigenvalue weighted by atomic mass is 32.1. The van der Waals surface area contributed by atoms with Crippen molar-refractivity contribution in [1.82, 2.24) is 20.1 Å². The molecule has 0 spiro atoms. The molecule has 2 amide bonds. The smallest absolute Gasteiger partial charge is 0.265 e. The second-order valence-electron chi connectivity index (χ2n) is 9.32. The summed E-state index contributed by atoms with van der Waals surface area (Å²) in [6.45, 7) is 10.6. The first-order chi connectivity index (χ1) is 16.5. The monoisotopic (exact) mass is 484 g/mol. The number of hydrogen-bond acceptors (Lipinski definition) is 6. The van der Waals surface area contributed by atoms with Crippen molar-refractivity contribution in [2.75, 3.05) is 52.5 Å². The summed E-state index contributed by atoms with van der Waals surface area (Å²) in [5, 5.41) is 4.01. The van der Waals surface area contributed by atoms with Gasteiger partial charge in [-0.25, -0.2) is 4.98 Å². The van der Waals surface area contributed by atoms with Crippen molar-refractivity contribution in [3.05, 3.63) is 40.9 Å². The highest BCUT2D eigenvalue weighted by Crippen LogP contribution is 2.31. The first-order valence-corrected chi connectivity index (χ1v) is 13.2. The van der Waals surface area contributed by atoms with Gasteiger partial charge in [0.1, 0.15) is 9.88 Å². The fourth-order valence-electron chi connectivity index (χ4n) is 4.76. The number of rotatable bonds is 8. The summed E-state index contributed by atoms with van der Waals surface area (Å²) in [5.41, 5.74) is 1.83. The van der Waals surface area contributed by atoms with Gasteiger partial charge in [-0.05, 0) is 38.6 Å². The van der Waals surface area contributed by atoms with Gasteiger partial charge < -0.3 is 15.0 Å². The standard InChI is InChI=1S/C26H36N4O3S/c1-19(24(31)27-11-6-12-29-15-17-33-18-16-29)21-9-13-30(14-10-21)26(32)23-20(2)28-25(34-23)22-7-4-3-5-8-22/h3-5,7-8,19,21H,6,9-18H2,1-2H3,(H,27,31)/t19-/m1/s1. The molecule has 1 atom stereocenters. The number of carbonyl (C=O) groups excluding carboxylic acids is 2. The van der Waals surface area contributed by atoms with Crippen LogP contribution in [-0.2, 0) is 9.53 Å². The third-order valence-corrected chi connectivity index (χ3v) is 8.21. The van der Waals surface area contributed by atoms with Gasteiger partial charge in [-0.2, -0.15) is 0 Å². The minimum Gasteiger partial charge on any atom is -0.379 e. The van der Waals surface area contributed by atoms with Gasteiger partial charge in [-0.1, -0.05) is 37.3 Å². The van der Waals surface area contributed by atoms with Crippen molar-refractivity contribution >= 4 is 23.2 Å². The molecule has 184 valence electrons. The lowest BCUT2D eigenvalue weighted by Crippen LogP contribution is -2.43. The van der Waals surface area contributed by atoms with E-state index in [0.29, 0.717) is 25.6 Å². The predicted molar refractivity (Wildman–Crippen MR) is 135 cm³/mol. The summed E-state index contributed by atoms with van der Waals surface area (Å²) in [4.78, 5) is 35.5. The van der Waals surface area contributed by atoms with E-state index in [1.807, 2.05) is 49.1 Å². The molecule has 0 saturated carbocycles. The second kappa shape index (κ2) is 11.9. The lowest BCUT2D eigenvalue weighted by atomic mass is 9.84. The molecular weight excluding hydrogens is 448 g/mol. The summed E-state index contributed by atoms with van der Waals surface area (Å²) in [6, 6.07) is 9.99. The Labute approximate surface area is 206 Å². The van der Waals surface area contributed by atoms with Crippen molar-refractivity contribution in [2.45, 2.75) is 33.1 Å². The SMILES string of the molecule is Cc1nc(-c2ccccc2)sc1C(=O)N1CCC([C@@H](C)C(=O)NCCCN2CCOCC2)CC1. The molecule has 2 aliphatic rings. The van der Waals surface area contributed by atoms with Crippen LogP contribution < -0.4 is 5.32 Å². The first kappa shape index (κ1) is 24.8.